The van der Waals surface area contributed by atoms with Crippen LogP contribution in [-0.2, 0) is 15.4 Å². The molecule has 0 aliphatic carbocycles. The predicted molar refractivity (Wildman–Crippen MR) is 118 cm³/mol. The fourth-order valence-corrected chi connectivity index (χ4v) is 5.64. The zero-order chi connectivity index (χ0) is 21.1. The van der Waals surface area contributed by atoms with Gasteiger partial charge in [-0.15, -0.1) is 0 Å². The molecule has 0 radical (unpaired) electrons. The maximum Gasteiger partial charge on any atom is 0.251 e. The highest BCUT2D eigenvalue weighted by Gasteiger charge is 2.27. The van der Waals surface area contributed by atoms with Crippen molar-refractivity contribution in [3.63, 3.8) is 0 Å². The molecule has 1 amide bonds. The Kier molecular flexibility index (Phi) is 6.32. The number of carbonyl (C=O) groups is 1. The lowest BCUT2D eigenvalue weighted by molar-refractivity contribution is 0.0934. The summed E-state index contributed by atoms with van der Waals surface area (Å²) in [5.41, 5.74) is 2.21. The molecule has 1 aliphatic rings. The van der Waals surface area contributed by atoms with E-state index >= 15 is 0 Å². The number of hydrogen-bond donors (Lipinski definition) is 1. The summed E-state index contributed by atoms with van der Waals surface area (Å²) in [7, 11) is -3.30. The van der Waals surface area contributed by atoms with Crippen molar-refractivity contribution >= 4 is 21.6 Å². The van der Waals surface area contributed by atoms with E-state index in [1.807, 2.05) is 25.1 Å². The molecular formula is C23H30N2O3S. The fourth-order valence-electron chi connectivity index (χ4n) is 4.01. The van der Waals surface area contributed by atoms with Gasteiger partial charge in [-0.05, 0) is 55.4 Å². The second-order valence-corrected chi connectivity index (χ2v) is 10.5. The fraction of sp³-hybridized carbons (Fsp3) is 0.435. The molecule has 156 valence electrons. The van der Waals surface area contributed by atoms with Crippen LogP contribution in [0.2, 0.25) is 0 Å². The molecule has 2 aromatic carbocycles. The van der Waals surface area contributed by atoms with Crippen LogP contribution in [0.1, 0.15) is 56.0 Å². The largest absolute Gasteiger partial charge is 0.350 e. The molecule has 0 unspecified atom stereocenters. The van der Waals surface area contributed by atoms with E-state index in [2.05, 4.69) is 31.3 Å². The summed E-state index contributed by atoms with van der Waals surface area (Å²) in [6.07, 6.45) is 2.32. The quantitative estimate of drug-likeness (QED) is 0.774. The molecule has 1 saturated heterocycles. The first-order valence-corrected chi connectivity index (χ1v) is 11.8. The Morgan fingerprint density at radius 1 is 1.10 bits per heavy atom. The van der Waals surface area contributed by atoms with Crippen LogP contribution in [-0.4, -0.2) is 32.7 Å². The normalized spacial score (nSPS) is 17.6. The smallest absolute Gasteiger partial charge is 0.251 e. The summed E-state index contributed by atoms with van der Waals surface area (Å²) in [6.45, 7) is 6.82. The average Bonchev–Trinajstić information content (AvgIpc) is 2.68. The van der Waals surface area contributed by atoms with Gasteiger partial charge in [0.2, 0.25) is 10.0 Å². The molecule has 1 atom stereocenters. The molecule has 1 aliphatic heterocycles. The average molecular weight is 415 g/mol. The summed E-state index contributed by atoms with van der Waals surface area (Å²) in [5, 5.41) is 3.07. The molecule has 6 heteroatoms. The monoisotopic (exact) mass is 414 g/mol. The van der Waals surface area contributed by atoms with Crippen LogP contribution in [0.25, 0.3) is 0 Å². The highest BCUT2D eigenvalue weighted by atomic mass is 32.2. The Balaban J connectivity index is 1.69. The molecule has 1 fully saturated rings. The molecule has 1 heterocycles. The third-order valence-corrected chi connectivity index (χ3v) is 7.36. The van der Waals surface area contributed by atoms with Crippen molar-refractivity contribution in [3.05, 3.63) is 65.7 Å². The van der Waals surface area contributed by atoms with Crippen molar-refractivity contribution in [2.75, 3.05) is 16.6 Å². The van der Waals surface area contributed by atoms with Crippen LogP contribution in [0.15, 0.2) is 54.6 Å². The third-order valence-electron chi connectivity index (χ3n) is 5.49. The Morgan fingerprint density at radius 3 is 2.52 bits per heavy atom. The summed E-state index contributed by atoms with van der Waals surface area (Å²) < 4.78 is 26.1. The molecular weight excluding hydrogens is 384 g/mol. The molecule has 1 N–H and O–H groups in total. The summed E-state index contributed by atoms with van der Waals surface area (Å²) in [4.78, 5) is 12.8. The molecule has 0 saturated carbocycles. The van der Waals surface area contributed by atoms with Crippen molar-refractivity contribution in [1.82, 2.24) is 5.32 Å². The first kappa shape index (κ1) is 21.4. The Morgan fingerprint density at radius 2 is 1.83 bits per heavy atom. The van der Waals surface area contributed by atoms with E-state index in [1.165, 1.54) is 9.87 Å². The maximum absolute atomic E-state index is 12.8. The second-order valence-electron chi connectivity index (χ2n) is 8.47. The number of benzene rings is 2. The maximum atomic E-state index is 12.8. The number of carbonyl (C=O) groups excluding carboxylic acids is 1. The van der Waals surface area contributed by atoms with Gasteiger partial charge in [0.1, 0.15) is 0 Å². The number of sulfonamides is 1. The van der Waals surface area contributed by atoms with E-state index in [0.717, 1.165) is 12.8 Å². The topological polar surface area (TPSA) is 66.5 Å². The van der Waals surface area contributed by atoms with Gasteiger partial charge in [0.05, 0.1) is 11.4 Å². The minimum atomic E-state index is -3.30. The highest BCUT2D eigenvalue weighted by Crippen LogP contribution is 2.28. The van der Waals surface area contributed by atoms with Gasteiger partial charge in [0.25, 0.3) is 5.91 Å². The zero-order valence-corrected chi connectivity index (χ0v) is 18.2. The molecule has 5 nitrogen and oxygen atoms in total. The molecule has 0 spiro atoms. The standard InChI is InChI=1S/C23H30N2O3S/c1-18(17-23(2,3)20-11-5-4-6-12-20)24-22(26)19-10-9-13-21(16-19)25-14-7-8-15-29(25,27)28/h4-6,9-13,16,18H,7-8,14-15,17H2,1-3H3,(H,24,26)/t18-/m1/s1. The van der Waals surface area contributed by atoms with Gasteiger partial charge in [0.15, 0.2) is 0 Å². The van der Waals surface area contributed by atoms with Gasteiger partial charge >= 0.3 is 0 Å². The number of amides is 1. The summed E-state index contributed by atoms with van der Waals surface area (Å²) in [6, 6.07) is 17.1. The molecule has 3 rings (SSSR count). The van der Waals surface area contributed by atoms with Gasteiger partial charge in [-0.25, -0.2) is 8.42 Å². The first-order chi connectivity index (χ1) is 13.7. The van der Waals surface area contributed by atoms with Crippen LogP contribution in [0.4, 0.5) is 5.69 Å². The SMILES string of the molecule is C[C@H](CC(C)(C)c1ccccc1)NC(=O)c1cccc(N2CCCCS2(=O)=O)c1. The molecule has 0 bridgehead atoms. The third kappa shape index (κ3) is 5.18. The zero-order valence-electron chi connectivity index (χ0n) is 17.4. The van der Waals surface area contributed by atoms with Crippen molar-refractivity contribution in [2.45, 2.75) is 51.5 Å². The van der Waals surface area contributed by atoms with Crippen LogP contribution in [0.5, 0.6) is 0 Å². The number of anilines is 1. The van der Waals surface area contributed by atoms with E-state index < -0.39 is 10.0 Å². The van der Waals surface area contributed by atoms with Crippen LogP contribution in [0, 0.1) is 0 Å². The number of nitrogens with one attached hydrogen (secondary N) is 1. The summed E-state index contributed by atoms with van der Waals surface area (Å²) >= 11 is 0. The minimum Gasteiger partial charge on any atom is -0.350 e. The van der Waals surface area contributed by atoms with Gasteiger partial charge in [-0.3, -0.25) is 9.10 Å². The van der Waals surface area contributed by atoms with E-state index in [9.17, 15) is 13.2 Å². The van der Waals surface area contributed by atoms with Gasteiger partial charge in [-0.2, -0.15) is 0 Å². The van der Waals surface area contributed by atoms with Crippen molar-refractivity contribution in [1.29, 1.82) is 0 Å². The highest BCUT2D eigenvalue weighted by molar-refractivity contribution is 7.92. The van der Waals surface area contributed by atoms with Crippen molar-refractivity contribution in [3.8, 4) is 0 Å². The lowest BCUT2D eigenvalue weighted by Crippen LogP contribution is -2.38. The van der Waals surface area contributed by atoms with Gasteiger partial charge in [0, 0.05) is 18.2 Å². The first-order valence-electron chi connectivity index (χ1n) is 10.2. The van der Waals surface area contributed by atoms with Gasteiger partial charge in [-0.1, -0.05) is 50.2 Å². The van der Waals surface area contributed by atoms with E-state index in [1.54, 1.807) is 24.3 Å². The van der Waals surface area contributed by atoms with Crippen LogP contribution >= 0.6 is 0 Å². The van der Waals surface area contributed by atoms with Crippen molar-refractivity contribution in [2.24, 2.45) is 0 Å². The number of rotatable bonds is 6. The Bertz CT molecular complexity index is 955. The molecule has 0 aromatic heterocycles. The minimum absolute atomic E-state index is 0.0277. The number of nitrogens with zero attached hydrogens (tertiary/aromatic N) is 1. The molecule has 2 aromatic rings. The van der Waals surface area contributed by atoms with E-state index in [4.69, 9.17) is 0 Å². The molecule has 29 heavy (non-hydrogen) atoms. The van der Waals surface area contributed by atoms with Crippen LogP contribution < -0.4 is 9.62 Å². The van der Waals surface area contributed by atoms with Crippen molar-refractivity contribution < 1.29 is 13.2 Å². The second kappa shape index (κ2) is 8.57. The van der Waals surface area contributed by atoms with Crippen LogP contribution in [0.3, 0.4) is 0 Å². The van der Waals surface area contributed by atoms with E-state index in [0.29, 0.717) is 24.2 Å². The van der Waals surface area contributed by atoms with Gasteiger partial charge < -0.3 is 5.32 Å². The number of hydrogen-bond acceptors (Lipinski definition) is 3. The van der Waals surface area contributed by atoms with E-state index in [-0.39, 0.29) is 23.1 Å². The lowest BCUT2D eigenvalue weighted by Gasteiger charge is -2.30. The lowest BCUT2D eigenvalue weighted by atomic mass is 9.79. The Labute approximate surface area is 174 Å². The predicted octanol–water partition coefficient (Wildman–Crippen LogP) is 4.10. The Hall–Kier alpha value is -2.34. The summed E-state index contributed by atoms with van der Waals surface area (Å²) in [5.74, 6) is -0.0210.